The largest absolute Gasteiger partial charge is 0.294 e. The molecule has 0 amide bonds. The minimum Gasteiger partial charge on any atom is -0.294 e. The number of aryl methyl sites for hydroxylation is 2. The van der Waals surface area contributed by atoms with Crippen LogP contribution in [0.4, 0.5) is 0 Å². The van der Waals surface area contributed by atoms with Gasteiger partial charge in [-0.25, -0.2) is 0 Å². The van der Waals surface area contributed by atoms with Crippen molar-refractivity contribution in [3.05, 3.63) is 55.7 Å². The van der Waals surface area contributed by atoms with E-state index in [0.717, 1.165) is 20.6 Å². The van der Waals surface area contributed by atoms with Gasteiger partial charge in [0.15, 0.2) is 5.78 Å². The van der Waals surface area contributed by atoms with Gasteiger partial charge in [0.05, 0.1) is 3.79 Å². The van der Waals surface area contributed by atoms with Crippen molar-refractivity contribution in [1.82, 2.24) is 0 Å². The highest BCUT2D eigenvalue weighted by Crippen LogP contribution is 2.25. The van der Waals surface area contributed by atoms with Crippen LogP contribution in [0.1, 0.15) is 32.8 Å². The van der Waals surface area contributed by atoms with Gasteiger partial charge in [-0.2, -0.15) is 0 Å². The van der Waals surface area contributed by atoms with Crippen LogP contribution in [0.25, 0.3) is 0 Å². The smallest absolute Gasteiger partial charge is 0.168 e. The van der Waals surface area contributed by atoms with Crippen molar-refractivity contribution in [3.63, 3.8) is 0 Å². The van der Waals surface area contributed by atoms with Crippen LogP contribution in [0.15, 0.2) is 34.1 Å². The number of ketones is 1. The number of halogens is 1. The molecule has 0 unspecified atom stereocenters. The monoisotopic (exact) mass is 320 g/mol. The van der Waals surface area contributed by atoms with Gasteiger partial charge in [0, 0.05) is 16.9 Å². The van der Waals surface area contributed by atoms with Crippen LogP contribution < -0.4 is 0 Å². The highest BCUT2D eigenvalue weighted by Gasteiger charge is 2.14. The number of fused-ring (bicyclic) bond motifs is 1. The van der Waals surface area contributed by atoms with Crippen LogP contribution in [0, 0.1) is 0 Å². The van der Waals surface area contributed by atoms with Gasteiger partial charge in [-0.3, -0.25) is 4.79 Å². The maximum atomic E-state index is 12.2. The molecule has 0 saturated carbocycles. The minimum atomic E-state index is 0.221. The summed E-state index contributed by atoms with van der Waals surface area (Å²) in [6, 6.07) is 10.2. The SMILES string of the molecule is O=C(Cc1ccc(Br)s1)c1ccc2c(c1)CCC2. The molecule has 0 saturated heterocycles. The molecule has 3 heteroatoms. The second-order valence-electron chi connectivity index (χ2n) is 4.64. The van der Waals surface area contributed by atoms with Crippen molar-refractivity contribution in [1.29, 1.82) is 0 Å². The third-order valence-electron chi connectivity index (χ3n) is 3.38. The van der Waals surface area contributed by atoms with E-state index < -0.39 is 0 Å². The fourth-order valence-electron chi connectivity index (χ4n) is 2.45. The van der Waals surface area contributed by atoms with Crippen molar-refractivity contribution in [2.24, 2.45) is 0 Å². The summed E-state index contributed by atoms with van der Waals surface area (Å²) in [7, 11) is 0. The molecule has 0 aliphatic heterocycles. The quantitative estimate of drug-likeness (QED) is 0.765. The molecule has 1 heterocycles. The van der Waals surface area contributed by atoms with E-state index in [2.05, 4.69) is 28.1 Å². The van der Waals surface area contributed by atoms with E-state index >= 15 is 0 Å². The second kappa shape index (κ2) is 4.98. The molecule has 3 rings (SSSR count). The average Bonchev–Trinajstić information content (AvgIpc) is 2.96. The van der Waals surface area contributed by atoms with Gasteiger partial charge < -0.3 is 0 Å². The number of carbonyl (C=O) groups is 1. The average molecular weight is 321 g/mol. The standard InChI is InChI=1S/C15H13BrOS/c16-15-7-6-13(18-15)9-14(17)12-5-4-10-2-1-3-11(10)8-12/h4-8H,1-3,9H2. The Morgan fingerprint density at radius 3 is 2.78 bits per heavy atom. The van der Waals surface area contributed by atoms with E-state index in [1.54, 1.807) is 11.3 Å². The van der Waals surface area contributed by atoms with Gasteiger partial charge in [0.1, 0.15) is 0 Å². The first-order chi connectivity index (χ1) is 8.72. The van der Waals surface area contributed by atoms with E-state index in [1.165, 1.54) is 24.0 Å². The van der Waals surface area contributed by atoms with Crippen LogP contribution in [0.5, 0.6) is 0 Å². The Morgan fingerprint density at radius 1 is 1.17 bits per heavy atom. The predicted molar refractivity (Wildman–Crippen MR) is 78.5 cm³/mol. The summed E-state index contributed by atoms with van der Waals surface area (Å²) < 4.78 is 1.08. The number of benzene rings is 1. The van der Waals surface area contributed by atoms with E-state index in [9.17, 15) is 4.79 Å². The maximum absolute atomic E-state index is 12.2. The molecule has 0 spiro atoms. The summed E-state index contributed by atoms with van der Waals surface area (Å²) in [4.78, 5) is 13.3. The minimum absolute atomic E-state index is 0.221. The molecule has 0 atom stereocenters. The van der Waals surface area contributed by atoms with Crippen LogP contribution in [0.3, 0.4) is 0 Å². The fraction of sp³-hybridized carbons (Fsp3) is 0.267. The third kappa shape index (κ3) is 2.43. The Labute approximate surface area is 119 Å². The lowest BCUT2D eigenvalue weighted by Crippen LogP contribution is -2.03. The molecule has 0 bridgehead atoms. The number of Topliss-reactive ketones (excluding diaryl/α,β-unsaturated/α-hetero) is 1. The first-order valence-corrected chi connectivity index (χ1v) is 7.72. The zero-order valence-electron chi connectivity index (χ0n) is 9.91. The van der Waals surface area contributed by atoms with Gasteiger partial charge in [-0.1, -0.05) is 12.1 Å². The van der Waals surface area contributed by atoms with Crippen LogP contribution >= 0.6 is 27.3 Å². The van der Waals surface area contributed by atoms with Gasteiger partial charge in [0.25, 0.3) is 0 Å². The van der Waals surface area contributed by atoms with E-state index in [1.807, 2.05) is 18.2 Å². The maximum Gasteiger partial charge on any atom is 0.168 e. The van der Waals surface area contributed by atoms with Gasteiger partial charge in [0.2, 0.25) is 0 Å². The molecule has 0 fully saturated rings. The molecule has 2 aromatic rings. The molecule has 1 aliphatic rings. The summed E-state index contributed by atoms with van der Waals surface area (Å²) in [5.41, 5.74) is 3.65. The van der Waals surface area contributed by atoms with Gasteiger partial charge in [-0.15, -0.1) is 11.3 Å². The van der Waals surface area contributed by atoms with Crippen molar-refractivity contribution < 1.29 is 4.79 Å². The van der Waals surface area contributed by atoms with E-state index in [-0.39, 0.29) is 5.78 Å². The zero-order valence-corrected chi connectivity index (χ0v) is 12.3. The van der Waals surface area contributed by atoms with Gasteiger partial charge >= 0.3 is 0 Å². The summed E-state index contributed by atoms with van der Waals surface area (Å²) in [6.45, 7) is 0. The first-order valence-electron chi connectivity index (χ1n) is 6.11. The summed E-state index contributed by atoms with van der Waals surface area (Å²) in [5.74, 6) is 0.221. The molecular weight excluding hydrogens is 308 g/mol. The Balaban J connectivity index is 1.80. The second-order valence-corrected chi connectivity index (χ2v) is 7.19. The molecule has 0 N–H and O–H groups in total. The lowest BCUT2D eigenvalue weighted by atomic mass is 10.0. The molecule has 1 nitrogen and oxygen atoms in total. The molecule has 1 aromatic carbocycles. The normalized spacial score (nSPS) is 13.6. The molecule has 1 aromatic heterocycles. The van der Waals surface area contributed by atoms with Crippen LogP contribution in [-0.4, -0.2) is 5.78 Å². The number of hydrogen-bond acceptors (Lipinski definition) is 2. The zero-order chi connectivity index (χ0) is 12.5. The Hall–Kier alpha value is -0.930. The summed E-state index contributed by atoms with van der Waals surface area (Å²) in [6.07, 6.45) is 4.03. The molecule has 0 radical (unpaired) electrons. The van der Waals surface area contributed by atoms with Crippen molar-refractivity contribution in [2.45, 2.75) is 25.7 Å². The number of carbonyl (C=O) groups excluding carboxylic acids is 1. The molecular formula is C15H13BrOS. The van der Waals surface area contributed by atoms with Crippen LogP contribution in [-0.2, 0) is 19.3 Å². The molecule has 92 valence electrons. The van der Waals surface area contributed by atoms with E-state index in [0.29, 0.717) is 6.42 Å². The fourth-order valence-corrected chi connectivity index (χ4v) is 3.93. The Morgan fingerprint density at radius 2 is 2.00 bits per heavy atom. The number of rotatable bonds is 3. The van der Waals surface area contributed by atoms with Crippen molar-refractivity contribution in [2.75, 3.05) is 0 Å². The molecule has 18 heavy (non-hydrogen) atoms. The number of hydrogen-bond donors (Lipinski definition) is 0. The van der Waals surface area contributed by atoms with Gasteiger partial charge in [-0.05, 0) is 64.5 Å². The van der Waals surface area contributed by atoms with Crippen molar-refractivity contribution >= 4 is 33.0 Å². The summed E-state index contributed by atoms with van der Waals surface area (Å²) >= 11 is 5.06. The third-order valence-corrected chi connectivity index (χ3v) is 5.01. The topological polar surface area (TPSA) is 17.1 Å². The first kappa shape index (κ1) is 12.1. The van der Waals surface area contributed by atoms with Crippen molar-refractivity contribution in [3.8, 4) is 0 Å². The van der Waals surface area contributed by atoms with Crippen LogP contribution in [0.2, 0.25) is 0 Å². The van der Waals surface area contributed by atoms with E-state index in [4.69, 9.17) is 0 Å². The lowest BCUT2D eigenvalue weighted by Gasteiger charge is -2.03. The highest BCUT2D eigenvalue weighted by atomic mass is 79.9. The Kier molecular flexibility index (Phi) is 3.35. The highest BCUT2D eigenvalue weighted by molar-refractivity contribution is 9.11. The predicted octanol–water partition coefficient (Wildman–Crippen LogP) is 4.42. The number of thiophene rings is 1. The Bertz CT molecular complexity index is 600. The lowest BCUT2D eigenvalue weighted by molar-refractivity contribution is 0.0993. The molecule has 1 aliphatic carbocycles. The summed E-state index contributed by atoms with van der Waals surface area (Å²) in [5, 5.41) is 0.